The fourth-order valence-electron chi connectivity index (χ4n) is 1.64. The molecule has 2 aromatic rings. The molecule has 0 radical (unpaired) electrons. The lowest BCUT2D eigenvalue weighted by molar-refractivity contribution is -0.155. The van der Waals surface area contributed by atoms with E-state index in [1.807, 2.05) is 0 Å². The number of halogens is 3. The molecule has 0 aliphatic carbocycles. The molecule has 8 nitrogen and oxygen atoms in total. The van der Waals surface area contributed by atoms with Gasteiger partial charge in [-0.2, -0.15) is 13.2 Å². The lowest BCUT2D eigenvalue weighted by Crippen LogP contribution is -2.34. The third kappa shape index (κ3) is 3.27. The molecule has 5 N–H and O–H groups in total. The van der Waals surface area contributed by atoms with E-state index in [2.05, 4.69) is 19.6 Å². The fraction of sp³-hybridized carbons (Fsp3) is 0.455. The first-order valence-electron chi connectivity index (χ1n) is 5.98. The van der Waals surface area contributed by atoms with E-state index in [-0.39, 0.29) is 17.2 Å². The molecule has 0 spiro atoms. The smallest absolute Gasteiger partial charge is 0.394 e. The molecular weight excluding hydrogens is 311 g/mol. The summed E-state index contributed by atoms with van der Waals surface area (Å²) >= 11 is 0. The molecule has 0 amide bonds. The Morgan fingerprint density at radius 3 is 2.50 bits per heavy atom. The Hall–Kier alpha value is -1.95. The molecule has 0 aromatic carbocycles. The summed E-state index contributed by atoms with van der Waals surface area (Å²) in [6.07, 6.45) is -8.57. The first-order chi connectivity index (χ1) is 10.2. The molecular formula is C11H12F3N3O5. The van der Waals surface area contributed by atoms with Gasteiger partial charge >= 0.3 is 6.18 Å². The van der Waals surface area contributed by atoms with E-state index in [1.54, 1.807) is 0 Å². The summed E-state index contributed by atoms with van der Waals surface area (Å²) in [6.45, 7) is -0.780. The van der Waals surface area contributed by atoms with Gasteiger partial charge in [-0.05, 0) is 0 Å². The van der Waals surface area contributed by atoms with Crippen LogP contribution in [0.3, 0.4) is 0 Å². The normalized spacial score (nSPS) is 16.5. The van der Waals surface area contributed by atoms with Crippen molar-refractivity contribution in [2.45, 2.75) is 24.5 Å². The number of aliphatic hydroxyl groups is 4. The van der Waals surface area contributed by atoms with E-state index in [1.165, 1.54) is 0 Å². The minimum atomic E-state index is -4.69. The maximum Gasteiger partial charge on any atom is 0.452 e. The van der Waals surface area contributed by atoms with Crippen molar-refractivity contribution in [3.8, 4) is 11.5 Å². The third-order valence-electron chi connectivity index (χ3n) is 2.85. The van der Waals surface area contributed by atoms with Crippen LogP contribution in [0.15, 0.2) is 16.8 Å². The van der Waals surface area contributed by atoms with E-state index in [0.29, 0.717) is 6.07 Å². The number of H-pyrrole nitrogens is 1. The number of rotatable bonds is 5. The molecule has 0 saturated carbocycles. The van der Waals surface area contributed by atoms with Crippen molar-refractivity contribution in [3.05, 3.63) is 23.7 Å². The Morgan fingerprint density at radius 2 is 1.95 bits per heavy atom. The van der Waals surface area contributed by atoms with Crippen LogP contribution in [0.2, 0.25) is 0 Å². The standard InChI is InChI=1S/C11H12F3N3O5/c12-11(13,14)7-1-4(17-22-7)10-15-2-5(16-10)8(20)9(21)6(19)3-18/h1-2,6,8-9,18-21H,3H2,(H,15,16)/t6-,8-,9-/m1/s1. The average molecular weight is 323 g/mol. The van der Waals surface area contributed by atoms with Crippen LogP contribution in [-0.2, 0) is 6.18 Å². The van der Waals surface area contributed by atoms with Crippen molar-refractivity contribution in [2.75, 3.05) is 6.61 Å². The van der Waals surface area contributed by atoms with E-state index in [0.717, 1.165) is 6.20 Å². The maximum atomic E-state index is 12.4. The van der Waals surface area contributed by atoms with Crippen molar-refractivity contribution in [1.82, 2.24) is 15.1 Å². The second kappa shape index (κ2) is 6.04. The predicted molar refractivity (Wildman–Crippen MR) is 63.1 cm³/mol. The second-order valence-corrected chi connectivity index (χ2v) is 4.45. The summed E-state index contributed by atoms with van der Waals surface area (Å²) in [7, 11) is 0. The van der Waals surface area contributed by atoms with Gasteiger partial charge < -0.3 is 29.9 Å². The van der Waals surface area contributed by atoms with Crippen molar-refractivity contribution in [3.63, 3.8) is 0 Å². The van der Waals surface area contributed by atoms with Crippen molar-refractivity contribution >= 4 is 0 Å². The average Bonchev–Trinajstić information content (AvgIpc) is 3.12. The lowest BCUT2D eigenvalue weighted by Gasteiger charge is -2.20. The number of hydrogen-bond donors (Lipinski definition) is 5. The molecule has 2 aromatic heterocycles. The topological polar surface area (TPSA) is 136 Å². The van der Waals surface area contributed by atoms with Gasteiger partial charge in [-0.1, -0.05) is 5.16 Å². The van der Waals surface area contributed by atoms with Gasteiger partial charge in [0.1, 0.15) is 24.0 Å². The van der Waals surface area contributed by atoms with Gasteiger partial charge in [0.25, 0.3) is 0 Å². The van der Waals surface area contributed by atoms with E-state index in [9.17, 15) is 28.5 Å². The highest BCUT2D eigenvalue weighted by atomic mass is 19.4. The molecule has 0 bridgehead atoms. The Bertz CT molecular complexity index is 627. The number of imidazole rings is 1. The summed E-state index contributed by atoms with van der Waals surface area (Å²) in [5.41, 5.74) is -0.325. The van der Waals surface area contributed by atoms with Crippen molar-refractivity contribution in [1.29, 1.82) is 0 Å². The fourth-order valence-corrected chi connectivity index (χ4v) is 1.64. The highest BCUT2D eigenvalue weighted by Gasteiger charge is 2.36. The van der Waals surface area contributed by atoms with Crippen LogP contribution in [0, 0.1) is 0 Å². The highest BCUT2D eigenvalue weighted by molar-refractivity contribution is 5.49. The van der Waals surface area contributed by atoms with Crippen LogP contribution >= 0.6 is 0 Å². The number of hydrogen-bond acceptors (Lipinski definition) is 7. The summed E-state index contributed by atoms with van der Waals surface area (Å²) in [5, 5.41) is 40.4. The number of aromatic amines is 1. The van der Waals surface area contributed by atoms with Crippen LogP contribution in [0.1, 0.15) is 17.6 Å². The van der Waals surface area contributed by atoms with E-state index < -0.39 is 36.9 Å². The number of aliphatic hydroxyl groups excluding tert-OH is 4. The third-order valence-corrected chi connectivity index (χ3v) is 2.85. The van der Waals surface area contributed by atoms with Gasteiger partial charge in [0.05, 0.1) is 18.5 Å². The quantitative estimate of drug-likeness (QED) is 0.515. The largest absolute Gasteiger partial charge is 0.452 e. The molecule has 0 unspecified atom stereocenters. The van der Waals surface area contributed by atoms with Gasteiger partial charge in [0.15, 0.2) is 5.82 Å². The van der Waals surface area contributed by atoms with Crippen LogP contribution in [0.4, 0.5) is 13.2 Å². The first kappa shape index (κ1) is 16.4. The Morgan fingerprint density at radius 1 is 1.27 bits per heavy atom. The summed E-state index contributed by atoms with van der Waals surface area (Å²) < 4.78 is 41.3. The van der Waals surface area contributed by atoms with Gasteiger partial charge in [0, 0.05) is 6.07 Å². The summed E-state index contributed by atoms with van der Waals surface area (Å²) in [5.74, 6) is -1.43. The number of nitrogens with one attached hydrogen (secondary N) is 1. The predicted octanol–water partition coefficient (Wildman–Crippen LogP) is -0.169. The van der Waals surface area contributed by atoms with Gasteiger partial charge in [-0.15, -0.1) is 0 Å². The molecule has 11 heteroatoms. The Labute approximate surface area is 120 Å². The minimum absolute atomic E-state index is 0.0773. The molecule has 3 atom stereocenters. The zero-order valence-corrected chi connectivity index (χ0v) is 10.8. The monoisotopic (exact) mass is 323 g/mol. The molecule has 2 heterocycles. The highest BCUT2D eigenvalue weighted by Crippen LogP contribution is 2.31. The zero-order valence-electron chi connectivity index (χ0n) is 10.8. The van der Waals surface area contributed by atoms with Crippen LogP contribution in [0.25, 0.3) is 11.5 Å². The van der Waals surface area contributed by atoms with Crippen molar-refractivity contribution < 1.29 is 38.1 Å². The zero-order chi connectivity index (χ0) is 16.5. The van der Waals surface area contributed by atoms with Crippen molar-refractivity contribution in [2.24, 2.45) is 0 Å². The number of alkyl halides is 3. The van der Waals surface area contributed by atoms with Gasteiger partial charge in [-0.3, -0.25) is 0 Å². The first-order valence-corrected chi connectivity index (χ1v) is 5.98. The van der Waals surface area contributed by atoms with Gasteiger partial charge in [0.2, 0.25) is 5.76 Å². The Balaban J connectivity index is 2.19. The molecule has 22 heavy (non-hydrogen) atoms. The molecule has 0 fully saturated rings. The maximum absolute atomic E-state index is 12.4. The molecule has 0 aliphatic rings. The number of aromatic nitrogens is 3. The molecule has 2 rings (SSSR count). The molecule has 0 saturated heterocycles. The molecule has 122 valence electrons. The second-order valence-electron chi connectivity index (χ2n) is 4.45. The van der Waals surface area contributed by atoms with Crippen LogP contribution < -0.4 is 0 Å². The van der Waals surface area contributed by atoms with Gasteiger partial charge in [-0.25, -0.2) is 4.98 Å². The summed E-state index contributed by atoms with van der Waals surface area (Å²) in [4.78, 5) is 6.16. The van der Waals surface area contributed by atoms with Crippen LogP contribution in [-0.4, -0.2) is 54.4 Å². The SMILES string of the molecule is OC[C@@H](O)[C@@H](O)[C@H](O)c1cnc(-c2cc(C(F)(F)F)on2)[nH]1. The Kier molecular flexibility index (Phi) is 4.51. The van der Waals surface area contributed by atoms with E-state index in [4.69, 9.17) is 5.11 Å². The minimum Gasteiger partial charge on any atom is -0.394 e. The lowest BCUT2D eigenvalue weighted by atomic mass is 10.1. The molecule has 0 aliphatic heterocycles. The van der Waals surface area contributed by atoms with E-state index >= 15 is 0 Å². The number of nitrogens with zero attached hydrogens (tertiary/aromatic N) is 2. The summed E-state index contributed by atoms with van der Waals surface area (Å²) in [6, 6.07) is 0.619. The van der Waals surface area contributed by atoms with Crippen LogP contribution in [0.5, 0.6) is 0 Å².